The summed E-state index contributed by atoms with van der Waals surface area (Å²) in [5, 5.41) is 11.5. The number of benzene rings is 1. The molecule has 0 atom stereocenters. The average Bonchev–Trinajstić information content (AvgIpc) is 2.59. The van der Waals surface area contributed by atoms with Crippen LogP contribution in [0.25, 0.3) is 0 Å². The second-order valence-corrected chi connectivity index (χ2v) is 5.26. The summed E-state index contributed by atoms with van der Waals surface area (Å²) in [5.74, 6) is -0.876. The molecule has 1 heterocycles. The van der Waals surface area contributed by atoms with Crippen molar-refractivity contribution >= 4 is 17.4 Å². The van der Waals surface area contributed by atoms with Gasteiger partial charge in [0.15, 0.2) is 5.78 Å². The first-order chi connectivity index (χ1) is 11.9. The molecule has 0 unspecified atom stereocenters. The minimum absolute atomic E-state index is 0.224. The molecule has 0 saturated heterocycles. The topological polar surface area (TPSA) is 114 Å². The third-order valence-electron chi connectivity index (χ3n) is 3.58. The average molecular weight is 340 g/mol. The van der Waals surface area contributed by atoms with Gasteiger partial charge in [-0.1, -0.05) is 12.1 Å². The van der Waals surface area contributed by atoms with Gasteiger partial charge in [-0.15, -0.1) is 0 Å². The normalized spacial score (nSPS) is 10.1. The van der Waals surface area contributed by atoms with Crippen LogP contribution >= 0.6 is 0 Å². The molecule has 8 nitrogen and oxygen atoms in total. The van der Waals surface area contributed by atoms with E-state index in [0.717, 1.165) is 0 Å². The Labute approximate surface area is 142 Å². The van der Waals surface area contributed by atoms with E-state index in [9.17, 15) is 19.2 Å². The molecule has 2 rings (SSSR count). The molecule has 1 N–H and O–H groups in total. The molecular weight excluding hydrogens is 324 g/mol. The molecule has 0 aliphatic carbocycles. The van der Waals surface area contributed by atoms with E-state index in [4.69, 9.17) is 5.26 Å². The number of aromatic nitrogens is 2. The summed E-state index contributed by atoms with van der Waals surface area (Å²) in [4.78, 5) is 48.2. The van der Waals surface area contributed by atoms with E-state index in [1.807, 2.05) is 0 Å². The number of amides is 1. The van der Waals surface area contributed by atoms with Crippen LogP contribution in [0.5, 0.6) is 0 Å². The molecule has 8 heteroatoms. The van der Waals surface area contributed by atoms with Gasteiger partial charge in [0.1, 0.15) is 18.2 Å². The summed E-state index contributed by atoms with van der Waals surface area (Å²) in [6.45, 7) is 2.74. The Morgan fingerprint density at radius 2 is 1.92 bits per heavy atom. The van der Waals surface area contributed by atoms with E-state index < -0.39 is 23.7 Å². The van der Waals surface area contributed by atoms with Crippen molar-refractivity contribution in [2.45, 2.75) is 26.9 Å². The lowest BCUT2D eigenvalue weighted by molar-refractivity contribution is -0.116. The fraction of sp³-hybridized carbons (Fsp3) is 0.235. The van der Waals surface area contributed by atoms with Crippen molar-refractivity contribution in [3.8, 4) is 6.07 Å². The third kappa shape index (κ3) is 3.72. The number of aryl methyl sites for hydroxylation is 1. The van der Waals surface area contributed by atoms with Crippen molar-refractivity contribution in [3.05, 3.63) is 62.4 Å². The molecule has 1 aromatic heterocycles. The first kappa shape index (κ1) is 17.9. The van der Waals surface area contributed by atoms with Gasteiger partial charge in [0, 0.05) is 18.3 Å². The van der Waals surface area contributed by atoms with Crippen molar-refractivity contribution in [2.75, 3.05) is 5.32 Å². The maximum atomic E-state index is 12.2. The molecule has 2 aromatic rings. The molecule has 0 fully saturated rings. The third-order valence-corrected chi connectivity index (χ3v) is 3.58. The van der Waals surface area contributed by atoms with E-state index in [2.05, 4.69) is 5.32 Å². The predicted octanol–water partition coefficient (Wildman–Crippen LogP) is 0.743. The summed E-state index contributed by atoms with van der Waals surface area (Å²) >= 11 is 0. The fourth-order valence-corrected chi connectivity index (χ4v) is 2.33. The SMILES string of the molecule is CCn1cc(C#N)c(=O)n(CC(=O)Nc2ccccc2C(C)=O)c1=O. The summed E-state index contributed by atoms with van der Waals surface area (Å²) in [7, 11) is 0. The highest BCUT2D eigenvalue weighted by atomic mass is 16.2. The zero-order valence-corrected chi connectivity index (χ0v) is 13.8. The van der Waals surface area contributed by atoms with Gasteiger partial charge >= 0.3 is 5.69 Å². The highest BCUT2D eigenvalue weighted by Crippen LogP contribution is 2.15. The quantitative estimate of drug-likeness (QED) is 0.807. The van der Waals surface area contributed by atoms with E-state index in [1.165, 1.54) is 17.7 Å². The van der Waals surface area contributed by atoms with Gasteiger partial charge in [-0.25, -0.2) is 9.36 Å². The van der Waals surface area contributed by atoms with Gasteiger partial charge in [0.2, 0.25) is 5.91 Å². The number of hydrogen-bond acceptors (Lipinski definition) is 5. The van der Waals surface area contributed by atoms with Crippen LogP contribution in [0, 0.1) is 11.3 Å². The Morgan fingerprint density at radius 3 is 2.52 bits per heavy atom. The molecule has 0 bridgehead atoms. The van der Waals surface area contributed by atoms with E-state index in [0.29, 0.717) is 15.8 Å². The lowest BCUT2D eigenvalue weighted by Gasteiger charge is -2.11. The number of ketones is 1. The van der Waals surface area contributed by atoms with Crippen LogP contribution in [0.15, 0.2) is 40.1 Å². The zero-order chi connectivity index (χ0) is 18.6. The molecule has 0 spiro atoms. The van der Waals surface area contributed by atoms with Crippen LogP contribution in [-0.2, 0) is 17.9 Å². The number of hydrogen-bond donors (Lipinski definition) is 1. The Hall–Kier alpha value is -3.47. The van der Waals surface area contributed by atoms with E-state index in [-0.39, 0.29) is 17.9 Å². The van der Waals surface area contributed by atoms with Crippen LogP contribution in [0.3, 0.4) is 0 Å². The van der Waals surface area contributed by atoms with Gasteiger partial charge in [0.05, 0.1) is 5.69 Å². The number of nitrogens with one attached hydrogen (secondary N) is 1. The van der Waals surface area contributed by atoms with Gasteiger partial charge in [-0.05, 0) is 26.0 Å². The highest BCUT2D eigenvalue weighted by Gasteiger charge is 2.15. The predicted molar refractivity (Wildman–Crippen MR) is 90.4 cm³/mol. The van der Waals surface area contributed by atoms with Crippen LogP contribution < -0.4 is 16.6 Å². The number of carbonyl (C=O) groups is 2. The second kappa shape index (κ2) is 7.40. The van der Waals surface area contributed by atoms with Gasteiger partial charge in [-0.3, -0.25) is 19.0 Å². The smallest absolute Gasteiger partial charge is 0.324 e. The van der Waals surface area contributed by atoms with Crippen molar-refractivity contribution in [3.63, 3.8) is 0 Å². The van der Waals surface area contributed by atoms with Crippen LogP contribution in [0.1, 0.15) is 29.8 Å². The highest BCUT2D eigenvalue weighted by molar-refractivity contribution is 6.03. The van der Waals surface area contributed by atoms with E-state index in [1.54, 1.807) is 37.3 Å². The second-order valence-electron chi connectivity index (χ2n) is 5.26. The lowest BCUT2D eigenvalue weighted by Crippen LogP contribution is -2.43. The minimum Gasteiger partial charge on any atom is -0.324 e. The van der Waals surface area contributed by atoms with Crippen molar-refractivity contribution in [2.24, 2.45) is 0 Å². The Kier molecular flexibility index (Phi) is 5.29. The van der Waals surface area contributed by atoms with Gasteiger partial charge in [0.25, 0.3) is 5.56 Å². The Balaban J connectivity index is 2.37. The fourth-order valence-electron chi connectivity index (χ4n) is 2.33. The number of para-hydroxylation sites is 1. The van der Waals surface area contributed by atoms with Crippen LogP contribution in [-0.4, -0.2) is 20.8 Å². The summed E-state index contributed by atoms with van der Waals surface area (Å²) in [6, 6.07) is 8.13. The first-order valence-electron chi connectivity index (χ1n) is 7.53. The number of anilines is 1. The Bertz CT molecular complexity index is 995. The van der Waals surface area contributed by atoms with E-state index >= 15 is 0 Å². The molecule has 0 aliphatic rings. The molecule has 1 aromatic carbocycles. The largest absolute Gasteiger partial charge is 0.331 e. The number of carbonyl (C=O) groups excluding carboxylic acids is 2. The minimum atomic E-state index is -0.827. The Morgan fingerprint density at radius 1 is 1.24 bits per heavy atom. The number of nitriles is 1. The van der Waals surface area contributed by atoms with Crippen molar-refractivity contribution < 1.29 is 9.59 Å². The van der Waals surface area contributed by atoms with Crippen LogP contribution in [0.2, 0.25) is 0 Å². The van der Waals surface area contributed by atoms with Gasteiger partial charge < -0.3 is 5.32 Å². The number of rotatable bonds is 5. The lowest BCUT2D eigenvalue weighted by atomic mass is 10.1. The summed E-state index contributed by atoms with van der Waals surface area (Å²) in [5.41, 5.74) is -1.12. The zero-order valence-electron chi connectivity index (χ0n) is 13.8. The molecule has 0 radical (unpaired) electrons. The molecule has 0 saturated carbocycles. The summed E-state index contributed by atoms with van der Waals surface area (Å²) < 4.78 is 1.88. The van der Waals surface area contributed by atoms with Crippen molar-refractivity contribution in [1.29, 1.82) is 5.26 Å². The molecule has 1 amide bonds. The first-order valence-corrected chi connectivity index (χ1v) is 7.53. The summed E-state index contributed by atoms with van der Waals surface area (Å²) in [6.07, 6.45) is 1.17. The molecule has 128 valence electrons. The maximum Gasteiger partial charge on any atom is 0.331 e. The number of Topliss-reactive ketones (excluding diaryl/α,β-unsaturated/α-hetero) is 1. The molecule has 0 aliphatic heterocycles. The van der Waals surface area contributed by atoms with Crippen LogP contribution in [0.4, 0.5) is 5.69 Å². The number of nitrogens with zero attached hydrogens (tertiary/aromatic N) is 3. The standard InChI is InChI=1S/C17H16N4O4/c1-3-20-9-12(8-18)16(24)21(17(20)25)10-15(23)19-14-7-5-4-6-13(14)11(2)22/h4-7,9H,3,10H2,1-2H3,(H,19,23). The molecular formula is C17H16N4O4. The van der Waals surface area contributed by atoms with Crippen molar-refractivity contribution in [1.82, 2.24) is 9.13 Å². The monoisotopic (exact) mass is 340 g/mol. The van der Waals surface area contributed by atoms with Gasteiger partial charge in [-0.2, -0.15) is 5.26 Å². The maximum absolute atomic E-state index is 12.2. The molecule has 25 heavy (non-hydrogen) atoms.